The summed E-state index contributed by atoms with van der Waals surface area (Å²) in [5, 5.41) is 0.786. The Morgan fingerprint density at radius 3 is 2.43 bits per heavy atom. The first-order chi connectivity index (χ1) is 14.4. The normalized spacial score (nSPS) is 12.6. The molecule has 4 aromatic rings. The van der Waals surface area contributed by atoms with E-state index in [0.29, 0.717) is 11.3 Å². The highest BCUT2D eigenvalue weighted by Crippen LogP contribution is 2.33. The van der Waals surface area contributed by atoms with Gasteiger partial charge in [0, 0.05) is 17.2 Å². The number of pyridine rings is 1. The van der Waals surface area contributed by atoms with E-state index in [1.165, 1.54) is 3.97 Å². The van der Waals surface area contributed by atoms with Crippen LogP contribution in [0.1, 0.15) is 30.7 Å². The van der Waals surface area contributed by atoms with Gasteiger partial charge in [-0.15, -0.1) is 0 Å². The van der Waals surface area contributed by atoms with Crippen LogP contribution < -0.4 is 0 Å². The predicted octanol–water partition coefficient (Wildman–Crippen LogP) is 5.67. The van der Waals surface area contributed by atoms with Gasteiger partial charge in [-0.05, 0) is 48.7 Å². The summed E-state index contributed by atoms with van der Waals surface area (Å²) in [6, 6.07) is 22.3. The second-order valence-corrected chi connectivity index (χ2v) is 9.51. The van der Waals surface area contributed by atoms with Gasteiger partial charge in [-0.3, -0.25) is 0 Å². The Hall–Kier alpha value is -3.18. The van der Waals surface area contributed by atoms with E-state index < -0.39 is 10.0 Å². The molecule has 2 heterocycles. The van der Waals surface area contributed by atoms with Crippen LogP contribution in [0.5, 0.6) is 0 Å². The topological polar surface area (TPSA) is 52.0 Å². The van der Waals surface area contributed by atoms with E-state index in [-0.39, 0.29) is 10.8 Å². The molecule has 4 rings (SSSR count). The standard InChI is InChI=1S/C25H24N2O2S/c1-18(2)15-23(20-10-7-9-19(3)16-20)24-17-21-11-8-14-26-25(21)27(24)30(28,29)22-12-5-4-6-13-22/h4-18H,1-3H3. The molecule has 0 aliphatic carbocycles. The van der Waals surface area contributed by atoms with Crippen molar-refractivity contribution in [1.29, 1.82) is 0 Å². The lowest BCUT2D eigenvalue weighted by Crippen LogP contribution is -2.16. The van der Waals surface area contributed by atoms with E-state index in [2.05, 4.69) is 31.0 Å². The van der Waals surface area contributed by atoms with Gasteiger partial charge in [0.2, 0.25) is 0 Å². The van der Waals surface area contributed by atoms with Gasteiger partial charge < -0.3 is 0 Å². The van der Waals surface area contributed by atoms with E-state index in [0.717, 1.165) is 22.1 Å². The number of hydrogen-bond acceptors (Lipinski definition) is 3. The summed E-state index contributed by atoms with van der Waals surface area (Å²) >= 11 is 0. The number of aromatic nitrogens is 2. The van der Waals surface area contributed by atoms with Crippen LogP contribution in [0.4, 0.5) is 0 Å². The molecular weight excluding hydrogens is 392 g/mol. The SMILES string of the molecule is Cc1cccc(C(=CC(C)C)c2cc3cccnc3n2S(=O)(=O)c2ccccc2)c1. The zero-order valence-electron chi connectivity index (χ0n) is 17.3. The smallest absolute Gasteiger partial charge is 0.237 e. The zero-order chi connectivity index (χ0) is 21.3. The minimum Gasteiger partial charge on any atom is -0.237 e. The lowest BCUT2D eigenvalue weighted by atomic mass is 9.97. The van der Waals surface area contributed by atoms with Crippen LogP contribution in [0.3, 0.4) is 0 Å². The molecule has 0 aliphatic heterocycles. The molecule has 5 heteroatoms. The van der Waals surface area contributed by atoms with Crippen LogP contribution in [0.25, 0.3) is 16.6 Å². The second-order valence-electron chi connectivity index (χ2n) is 7.72. The summed E-state index contributed by atoms with van der Waals surface area (Å²) in [4.78, 5) is 4.66. The highest BCUT2D eigenvalue weighted by Gasteiger charge is 2.26. The third kappa shape index (κ3) is 3.68. The molecule has 0 saturated heterocycles. The van der Waals surface area contributed by atoms with Gasteiger partial charge >= 0.3 is 0 Å². The Morgan fingerprint density at radius 1 is 0.967 bits per heavy atom. The number of fused-ring (bicyclic) bond motifs is 1. The molecule has 2 aromatic carbocycles. The van der Waals surface area contributed by atoms with E-state index in [4.69, 9.17) is 0 Å². The number of hydrogen-bond donors (Lipinski definition) is 0. The second kappa shape index (κ2) is 7.92. The largest absolute Gasteiger partial charge is 0.269 e. The van der Waals surface area contributed by atoms with Gasteiger partial charge in [-0.25, -0.2) is 17.4 Å². The molecule has 4 nitrogen and oxygen atoms in total. The molecular formula is C25H24N2O2S. The molecule has 0 N–H and O–H groups in total. The highest BCUT2D eigenvalue weighted by molar-refractivity contribution is 7.90. The quantitative estimate of drug-likeness (QED) is 0.421. The first kappa shape index (κ1) is 20.1. The van der Waals surface area contributed by atoms with E-state index in [1.807, 2.05) is 49.4 Å². The molecule has 152 valence electrons. The van der Waals surface area contributed by atoms with Crippen molar-refractivity contribution in [2.45, 2.75) is 25.7 Å². The number of rotatable bonds is 5. The van der Waals surface area contributed by atoms with E-state index in [9.17, 15) is 8.42 Å². The van der Waals surface area contributed by atoms with Crippen molar-refractivity contribution in [1.82, 2.24) is 8.96 Å². The number of allylic oxidation sites excluding steroid dienone is 1. The van der Waals surface area contributed by atoms with Crippen LogP contribution in [-0.2, 0) is 10.0 Å². The van der Waals surface area contributed by atoms with Crippen LogP contribution >= 0.6 is 0 Å². The maximum absolute atomic E-state index is 13.7. The van der Waals surface area contributed by atoms with E-state index in [1.54, 1.807) is 30.5 Å². The third-order valence-corrected chi connectivity index (χ3v) is 6.62. The average Bonchev–Trinajstić information content (AvgIpc) is 3.12. The molecule has 0 amide bonds. The van der Waals surface area contributed by atoms with Crippen molar-refractivity contribution in [2.24, 2.45) is 5.92 Å². The fraction of sp³-hybridized carbons (Fsp3) is 0.160. The van der Waals surface area contributed by atoms with Crippen molar-refractivity contribution in [3.63, 3.8) is 0 Å². The maximum atomic E-state index is 13.7. The molecule has 0 radical (unpaired) electrons. The van der Waals surface area contributed by atoms with Gasteiger partial charge in [0.15, 0.2) is 5.65 Å². The van der Waals surface area contributed by atoms with Crippen molar-refractivity contribution in [3.8, 4) is 0 Å². The maximum Gasteiger partial charge on any atom is 0.269 e. The predicted molar refractivity (Wildman–Crippen MR) is 122 cm³/mol. The Kier molecular flexibility index (Phi) is 5.31. The summed E-state index contributed by atoms with van der Waals surface area (Å²) < 4.78 is 28.8. The molecule has 0 bridgehead atoms. The Labute approximate surface area is 177 Å². The minimum absolute atomic E-state index is 0.236. The van der Waals surface area contributed by atoms with Crippen LogP contribution in [0.2, 0.25) is 0 Å². The molecule has 0 fully saturated rings. The van der Waals surface area contributed by atoms with Gasteiger partial charge in [0.25, 0.3) is 10.0 Å². The van der Waals surface area contributed by atoms with Crippen molar-refractivity contribution < 1.29 is 8.42 Å². The summed E-state index contributed by atoms with van der Waals surface area (Å²) in [6.07, 6.45) is 3.74. The molecule has 0 aliphatic rings. The van der Waals surface area contributed by atoms with Crippen molar-refractivity contribution in [3.05, 3.63) is 102 Å². The van der Waals surface area contributed by atoms with Crippen LogP contribution in [0, 0.1) is 12.8 Å². The fourth-order valence-corrected chi connectivity index (χ4v) is 5.12. The Bertz CT molecular complexity index is 1330. The average molecular weight is 417 g/mol. The van der Waals surface area contributed by atoms with Crippen molar-refractivity contribution >= 4 is 26.6 Å². The molecule has 2 aromatic heterocycles. The molecule has 0 spiro atoms. The monoisotopic (exact) mass is 416 g/mol. The lowest BCUT2D eigenvalue weighted by Gasteiger charge is -2.15. The Morgan fingerprint density at radius 2 is 1.73 bits per heavy atom. The number of aryl methyl sites for hydroxylation is 1. The zero-order valence-corrected chi connectivity index (χ0v) is 18.1. The van der Waals surface area contributed by atoms with Crippen molar-refractivity contribution in [2.75, 3.05) is 0 Å². The number of benzene rings is 2. The summed E-state index contributed by atoms with van der Waals surface area (Å²) in [6.45, 7) is 6.22. The van der Waals surface area contributed by atoms with Crippen LogP contribution in [-0.4, -0.2) is 17.4 Å². The first-order valence-corrected chi connectivity index (χ1v) is 11.4. The fourth-order valence-electron chi connectivity index (χ4n) is 3.62. The first-order valence-electron chi connectivity index (χ1n) is 9.94. The third-order valence-electron chi connectivity index (χ3n) is 4.91. The van der Waals surface area contributed by atoms with E-state index >= 15 is 0 Å². The summed E-state index contributed by atoms with van der Waals surface area (Å²) in [7, 11) is -3.84. The summed E-state index contributed by atoms with van der Waals surface area (Å²) in [5.74, 6) is 0.236. The van der Waals surface area contributed by atoms with Crippen LogP contribution in [0.15, 0.2) is 90.0 Å². The van der Waals surface area contributed by atoms with Gasteiger partial charge in [0.1, 0.15) is 0 Å². The molecule has 0 atom stereocenters. The lowest BCUT2D eigenvalue weighted by molar-refractivity contribution is 0.588. The molecule has 0 unspecified atom stereocenters. The molecule has 0 saturated carbocycles. The number of nitrogens with zero attached hydrogens (tertiary/aromatic N) is 2. The Balaban J connectivity index is 2.07. The highest BCUT2D eigenvalue weighted by atomic mass is 32.2. The van der Waals surface area contributed by atoms with Gasteiger partial charge in [-0.1, -0.05) is 68.0 Å². The molecule has 30 heavy (non-hydrogen) atoms. The summed E-state index contributed by atoms with van der Waals surface area (Å²) in [5.41, 5.74) is 4.03. The van der Waals surface area contributed by atoms with Gasteiger partial charge in [0.05, 0.1) is 10.6 Å². The van der Waals surface area contributed by atoms with Gasteiger partial charge in [-0.2, -0.15) is 0 Å². The minimum atomic E-state index is -3.84.